The largest absolute Gasteiger partial charge is 0.505 e. The van der Waals surface area contributed by atoms with E-state index in [2.05, 4.69) is 22.8 Å². The molecule has 4 nitrogen and oxygen atoms in total. The van der Waals surface area contributed by atoms with Gasteiger partial charge in [0.2, 0.25) is 0 Å². The molecule has 0 aliphatic carbocycles. The molecule has 9 aromatic rings. The van der Waals surface area contributed by atoms with Gasteiger partial charge in [-0.05, 0) is 90.7 Å². The molecule has 0 aliphatic rings. The second-order valence-electron chi connectivity index (χ2n) is 14.0. The summed E-state index contributed by atoms with van der Waals surface area (Å²) in [6.45, 7) is 0. The summed E-state index contributed by atoms with van der Waals surface area (Å²) in [4.78, 5) is 5.03. The Morgan fingerprint density at radius 1 is 0.386 bits per heavy atom. The molecule has 1 aromatic heterocycles. The highest BCUT2D eigenvalue weighted by molar-refractivity contribution is 6.69. The highest BCUT2D eigenvalue weighted by Gasteiger charge is 2.25. The lowest BCUT2D eigenvalue weighted by molar-refractivity contribution is 0.410. The number of aromatic hydroxyl groups is 2. The van der Waals surface area contributed by atoms with E-state index >= 15 is 0 Å². The first-order valence-electron chi connectivity index (χ1n) is 18.0. The minimum Gasteiger partial charge on any atom is -0.505 e. The number of phenols is 2. The molecule has 0 fully saturated rings. The van der Waals surface area contributed by atoms with Gasteiger partial charge in [0, 0.05) is 11.3 Å². The third-order valence-electron chi connectivity index (χ3n) is 10.8. The van der Waals surface area contributed by atoms with Crippen LogP contribution in [0, 0.1) is 0 Å². The highest BCUT2D eigenvalue weighted by Crippen LogP contribution is 2.44. The zero-order chi connectivity index (χ0) is 39.9. The van der Waals surface area contributed by atoms with Crippen molar-refractivity contribution in [1.82, 2.24) is 9.55 Å². The van der Waals surface area contributed by atoms with Crippen LogP contribution in [0.1, 0.15) is 0 Å². The van der Waals surface area contributed by atoms with Gasteiger partial charge in [-0.2, -0.15) is 0 Å². The first-order valence-corrected chi connectivity index (χ1v) is 18.0. The fraction of sp³-hybridized carbons (Fsp3) is 0. The van der Waals surface area contributed by atoms with Crippen LogP contribution in [0.4, 0.5) is 0 Å². The van der Waals surface area contributed by atoms with Crippen LogP contribution in [-0.2, 0) is 0 Å². The van der Waals surface area contributed by atoms with Crippen molar-refractivity contribution in [3.63, 3.8) is 0 Å². The maximum atomic E-state index is 10.9. The van der Waals surface area contributed by atoms with Gasteiger partial charge in [0.25, 0.3) is 0 Å². The zero-order valence-electron chi connectivity index (χ0n) is 30.5. The molecule has 2 N–H and O–H groups in total. The van der Waals surface area contributed by atoms with E-state index in [4.69, 9.17) is 67.8 Å². The number of para-hydroxylation sites is 3. The van der Waals surface area contributed by atoms with E-state index in [0.717, 1.165) is 39.2 Å². The van der Waals surface area contributed by atoms with Crippen LogP contribution < -0.4 is 43.7 Å². The Morgan fingerprint density at radius 3 is 1.53 bits per heavy atom. The summed E-state index contributed by atoms with van der Waals surface area (Å²) in [5.41, 5.74) is 7.76. The molecule has 0 amide bonds. The number of fused-ring (bicyclic) bond motifs is 3. The normalized spacial score (nSPS) is 11.5. The van der Waals surface area contributed by atoms with Gasteiger partial charge >= 0.3 is 0 Å². The third-order valence-corrected chi connectivity index (χ3v) is 10.8. The Morgan fingerprint density at radius 2 is 0.860 bits per heavy atom. The van der Waals surface area contributed by atoms with Gasteiger partial charge in [-0.25, -0.2) is 4.98 Å². The first-order chi connectivity index (χ1) is 27.5. The molecule has 0 spiro atoms. The molecular formula is C45H22B8N2O2. The second-order valence-corrected chi connectivity index (χ2v) is 14.0. The Balaban J connectivity index is 1.32. The van der Waals surface area contributed by atoms with Gasteiger partial charge in [-0.15, -0.1) is 16.4 Å². The summed E-state index contributed by atoms with van der Waals surface area (Å²) in [7, 11) is 52.0. The minimum atomic E-state index is -0.600. The lowest BCUT2D eigenvalue weighted by Crippen LogP contribution is -2.55. The number of imidazole rings is 1. The van der Waals surface area contributed by atoms with Crippen molar-refractivity contribution in [3.05, 3.63) is 121 Å². The predicted molar refractivity (Wildman–Crippen MR) is 244 cm³/mol. The molecule has 0 unspecified atom stereocenters. The quantitative estimate of drug-likeness (QED) is 0.163. The van der Waals surface area contributed by atoms with Gasteiger partial charge in [0.15, 0.2) is 0 Å². The number of hydrogen-bond donors (Lipinski definition) is 2. The molecule has 0 bridgehead atoms. The maximum Gasteiger partial charge on any atom is 0.150 e. The third kappa shape index (κ3) is 5.60. The minimum absolute atomic E-state index is 0.00296. The van der Waals surface area contributed by atoms with Gasteiger partial charge in [0.05, 0.1) is 11.0 Å². The van der Waals surface area contributed by atoms with Crippen LogP contribution >= 0.6 is 0 Å². The van der Waals surface area contributed by atoms with E-state index in [0.29, 0.717) is 38.2 Å². The fourth-order valence-electron chi connectivity index (χ4n) is 7.94. The number of phenolic OH excluding ortho intramolecular Hbond substituents is 2. The Bertz CT molecular complexity index is 3070. The monoisotopic (exact) mass is 710 g/mol. The van der Waals surface area contributed by atoms with Gasteiger partial charge < -0.3 is 10.2 Å². The summed E-state index contributed by atoms with van der Waals surface area (Å²) in [5.74, 6) is -0.373. The van der Waals surface area contributed by atoms with Crippen molar-refractivity contribution in [3.8, 4) is 62.0 Å². The SMILES string of the molecule is [B]c1c([B])c([B])c(-c2c3ccccc3c(-c3c([B])c([B])c(O)c(O)c3[B])c3ccc(-c4ccc(-c5nc6ccccc6n5-c5ccccc5)cc4)cc23)c([B])c1[B]. The topological polar surface area (TPSA) is 58.3 Å². The molecule has 16 radical (unpaired) electrons. The highest BCUT2D eigenvalue weighted by atomic mass is 16.3. The number of benzene rings is 8. The Hall–Kier alpha value is -6.13. The number of hydrogen-bond acceptors (Lipinski definition) is 3. The molecule has 0 saturated carbocycles. The molecule has 57 heavy (non-hydrogen) atoms. The van der Waals surface area contributed by atoms with Crippen molar-refractivity contribution < 1.29 is 10.2 Å². The van der Waals surface area contributed by atoms with Crippen LogP contribution in [0.5, 0.6) is 11.5 Å². The van der Waals surface area contributed by atoms with E-state index in [-0.39, 0.29) is 49.3 Å². The maximum absolute atomic E-state index is 10.9. The van der Waals surface area contributed by atoms with Crippen molar-refractivity contribution in [2.45, 2.75) is 0 Å². The average molecular weight is 709 g/mol. The summed E-state index contributed by atoms with van der Waals surface area (Å²) < 4.78 is 2.16. The zero-order valence-corrected chi connectivity index (χ0v) is 30.5. The van der Waals surface area contributed by atoms with Crippen molar-refractivity contribution in [2.75, 3.05) is 0 Å². The van der Waals surface area contributed by atoms with Crippen molar-refractivity contribution >= 4 is 139 Å². The summed E-state index contributed by atoms with van der Waals surface area (Å²) in [6, 6.07) is 39.9. The summed E-state index contributed by atoms with van der Waals surface area (Å²) >= 11 is 0. The standard InChI is InChI=1S/C45H22B8N2O2/c46-35-33(36(47)40(51)41(52)39(35)50)32-26-11-5-4-10-25(26)31(34-37(48)42(53)44(57)43(56)38(34)49)27-19-18-23(20-28(27)32)21-14-16-22(17-15-21)45-54-29-12-6-7-13-30(29)55(45)24-8-2-1-3-9-24/h1-20,56-57H. The van der Waals surface area contributed by atoms with Crippen LogP contribution in [0.15, 0.2) is 121 Å². The van der Waals surface area contributed by atoms with Crippen molar-refractivity contribution in [1.29, 1.82) is 0 Å². The van der Waals surface area contributed by atoms with E-state index < -0.39 is 11.5 Å². The smallest absolute Gasteiger partial charge is 0.150 e. The van der Waals surface area contributed by atoms with E-state index in [9.17, 15) is 10.2 Å². The number of rotatable bonds is 5. The van der Waals surface area contributed by atoms with E-state index in [1.54, 1.807) is 0 Å². The molecule has 0 saturated heterocycles. The van der Waals surface area contributed by atoms with Gasteiger partial charge in [-0.1, -0.05) is 113 Å². The molecule has 8 aromatic carbocycles. The molecule has 248 valence electrons. The summed E-state index contributed by atoms with van der Waals surface area (Å²) in [6.07, 6.45) is 0. The average Bonchev–Trinajstić information content (AvgIpc) is 3.64. The summed E-state index contributed by atoms with van der Waals surface area (Å²) in [5, 5.41) is 24.2. The van der Waals surface area contributed by atoms with E-state index in [1.807, 2.05) is 103 Å². The molecule has 9 rings (SSSR count). The molecule has 1 heterocycles. The number of aromatic nitrogens is 2. The Kier molecular flexibility index (Phi) is 8.84. The lowest BCUT2D eigenvalue weighted by Gasteiger charge is -2.26. The molecule has 0 aliphatic heterocycles. The van der Waals surface area contributed by atoms with Crippen LogP contribution in [0.2, 0.25) is 0 Å². The predicted octanol–water partition coefficient (Wildman–Crippen LogP) is 1.76. The molecule has 0 atom stereocenters. The van der Waals surface area contributed by atoms with E-state index in [1.165, 1.54) is 0 Å². The second kappa shape index (κ2) is 13.8. The molecule has 12 heteroatoms. The van der Waals surface area contributed by atoms with Crippen LogP contribution in [0.3, 0.4) is 0 Å². The molecular weight excluding hydrogens is 687 g/mol. The van der Waals surface area contributed by atoms with Crippen LogP contribution in [-0.4, -0.2) is 82.5 Å². The lowest BCUT2D eigenvalue weighted by atomic mass is 9.59. The fourth-order valence-corrected chi connectivity index (χ4v) is 7.94. The van der Waals surface area contributed by atoms with Gasteiger partial charge in [-0.3, -0.25) is 4.57 Å². The Labute approximate surface area is 340 Å². The van der Waals surface area contributed by atoms with Gasteiger partial charge in [0.1, 0.15) is 80.1 Å². The number of nitrogens with zero attached hydrogens (tertiary/aromatic N) is 2. The van der Waals surface area contributed by atoms with Crippen molar-refractivity contribution in [2.24, 2.45) is 0 Å². The first kappa shape index (κ1) is 36.5. The van der Waals surface area contributed by atoms with Crippen LogP contribution in [0.25, 0.3) is 83.0 Å².